The second-order valence-corrected chi connectivity index (χ2v) is 8.19. The lowest BCUT2D eigenvalue weighted by molar-refractivity contribution is -0.116. The van der Waals surface area contributed by atoms with Crippen LogP contribution in [0.1, 0.15) is 20.7 Å². The van der Waals surface area contributed by atoms with Crippen LogP contribution in [0.3, 0.4) is 0 Å². The minimum atomic E-state index is -0.581. The van der Waals surface area contributed by atoms with E-state index < -0.39 is 24.3 Å². The Hall–Kier alpha value is -2.26. The number of rotatable bonds is 4. The molecule has 1 aliphatic rings. The molecule has 136 valence electrons. The van der Waals surface area contributed by atoms with Crippen LogP contribution < -0.4 is 5.32 Å². The Labute approximate surface area is 171 Å². The Bertz CT molecular complexity index is 1040. The second kappa shape index (κ2) is 7.05. The van der Waals surface area contributed by atoms with Crippen LogP contribution in [-0.4, -0.2) is 34.2 Å². The molecule has 0 atom stereocenters. The van der Waals surface area contributed by atoms with Crippen molar-refractivity contribution in [3.05, 3.63) is 56.2 Å². The first-order valence-electron chi connectivity index (χ1n) is 7.58. The number of carbonyl (C=O) groups excluding carboxylic acids is 3. The molecule has 4 rings (SSSR count). The standard InChI is InChI=1S/C17H9Cl2N3O3S2/c18-10-4-8-9(5-11(10)19)16(25)22(15(8)24)6-14(23)21-17-20-12(7-27-17)13-2-1-3-26-13/h1-5,7H,6H2,(H,20,21,23). The van der Waals surface area contributed by atoms with E-state index in [1.54, 1.807) is 11.3 Å². The Kier molecular flexibility index (Phi) is 4.73. The molecule has 1 aromatic carbocycles. The van der Waals surface area contributed by atoms with Crippen molar-refractivity contribution < 1.29 is 14.4 Å². The number of hydrogen-bond acceptors (Lipinski definition) is 6. The average molecular weight is 438 g/mol. The Morgan fingerprint density at radius 1 is 1.11 bits per heavy atom. The molecule has 0 fully saturated rings. The molecular weight excluding hydrogens is 429 g/mol. The zero-order valence-corrected chi connectivity index (χ0v) is 16.5. The summed E-state index contributed by atoms with van der Waals surface area (Å²) in [5.74, 6) is -1.68. The number of halogens is 2. The monoisotopic (exact) mass is 437 g/mol. The van der Waals surface area contributed by atoms with Crippen LogP contribution in [0.5, 0.6) is 0 Å². The van der Waals surface area contributed by atoms with Crippen molar-refractivity contribution in [1.29, 1.82) is 0 Å². The fourth-order valence-electron chi connectivity index (χ4n) is 2.60. The quantitative estimate of drug-likeness (QED) is 0.612. The molecule has 0 aliphatic carbocycles. The van der Waals surface area contributed by atoms with Crippen LogP contribution in [0.25, 0.3) is 10.6 Å². The SMILES string of the molecule is O=C(CN1C(=O)c2cc(Cl)c(Cl)cc2C1=O)Nc1nc(-c2cccs2)cs1. The highest BCUT2D eigenvalue weighted by atomic mass is 35.5. The lowest BCUT2D eigenvalue weighted by Gasteiger charge is -2.12. The van der Waals surface area contributed by atoms with Gasteiger partial charge in [0.1, 0.15) is 6.54 Å². The number of nitrogens with zero attached hydrogens (tertiary/aromatic N) is 2. The van der Waals surface area contributed by atoms with E-state index in [4.69, 9.17) is 23.2 Å². The van der Waals surface area contributed by atoms with Crippen LogP contribution in [0.4, 0.5) is 5.13 Å². The van der Waals surface area contributed by atoms with Crippen molar-refractivity contribution in [1.82, 2.24) is 9.88 Å². The van der Waals surface area contributed by atoms with Crippen molar-refractivity contribution in [3.63, 3.8) is 0 Å². The molecular formula is C17H9Cl2N3O3S2. The fraction of sp³-hybridized carbons (Fsp3) is 0.0588. The number of hydrogen-bond donors (Lipinski definition) is 1. The van der Waals surface area contributed by atoms with Gasteiger partial charge in [0.25, 0.3) is 11.8 Å². The molecule has 0 radical (unpaired) electrons. The lowest BCUT2D eigenvalue weighted by Crippen LogP contribution is -2.37. The van der Waals surface area contributed by atoms with Crippen LogP contribution in [0.15, 0.2) is 35.0 Å². The summed E-state index contributed by atoms with van der Waals surface area (Å²) in [6, 6.07) is 6.52. The summed E-state index contributed by atoms with van der Waals surface area (Å²) >= 11 is 14.6. The predicted octanol–water partition coefficient (Wildman–Crippen LogP) is 4.41. The highest BCUT2D eigenvalue weighted by Crippen LogP contribution is 2.32. The zero-order chi connectivity index (χ0) is 19.1. The summed E-state index contributed by atoms with van der Waals surface area (Å²) in [7, 11) is 0. The van der Waals surface area contributed by atoms with E-state index in [0.717, 1.165) is 15.5 Å². The van der Waals surface area contributed by atoms with E-state index in [9.17, 15) is 14.4 Å². The Balaban J connectivity index is 1.47. The van der Waals surface area contributed by atoms with E-state index in [0.29, 0.717) is 5.13 Å². The number of amides is 3. The van der Waals surface area contributed by atoms with Crippen LogP contribution >= 0.6 is 45.9 Å². The summed E-state index contributed by atoms with van der Waals surface area (Å²) in [5.41, 5.74) is 1.03. The molecule has 10 heteroatoms. The van der Waals surface area contributed by atoms with E-state index in [2.05, 4.69) is 10.3 Å². The topological polar surface area (TPSA) is 79.4 Å². The maximum absolute atomic E-state index is 12.4. The first-order chi connectivity index (χ1) is 12.9. The number of anilines is 1. The van der Waals surface area contributed by atoms with Crippen molar-refractivity contribution in [2.24, 2.45) is 0 Å². The third-order valence-electron chi connectivity index (χ3n) is 3.84. The number of aromatic nitrogens is 1. The number of fused-ring (bicyclic) bond motifs is 1. The molecule has 3 amide bonds. The zero-order valence-electron chi connectivity index (χ0n) is 13.4. The van der Waals surface area contributed by atoms with Crippen molar-refractivity contribution in [3.8, 4) is 10.6 Å². The van der Waals surface area contributed by atoms with Gasteiger partial charge in [-0.25, -0.2) is 4.98 Å². The number of nitrogens with one attached hydrogen (secondary N) is 1. The van der Waals surface area contributed by atoms with Gasteiger partial charge < -0.3 is 5.32 Å². The average Bonchev–Trinajstić information content (AvgIpc) is 3.35. The maximum atomic E-state index is 12.4. The first-order valence-corrected chi connectivity index (χ1v) is 10.1. The maximum Gasteiger partial charge on any atom is 0.262 e. The van der Waals surface area contributed by atoms with Gasteiger partial charge >= 0.3 is 0 Å². The Morgan fingerprint density at radius 3 is 2.37 bits per heavy atom. The van der Waals surface area contributed by atoms with Gasteiger partial charge in [-0.05, 0) is 23.6 Å². The highest BCUT2D eigenvalue weighted by molar-refractivity contribution is 7.16. The van der Waals surface area contributed by atoms with Gasteiger partial charge in [-0.2, -0.15) is 0 Å². The number of thiazole rings is 1. The molecule has 2 aromatic heterocycles. The minimum Gasteiger partial charge on any atom is -0.300 e. The summed E-state index contributed by atoms with van der Waals surface area (Å²) in [6.07, 6.45) is 0. The molecule has 0 saturated heterocycles. The van der Waals surface area contributed by atoms with Crippen molar-refractivity contribution in [2.75, 3.05) is 11.9 Å². The molecule has 6 nitrogen and oxygen atoms in total. The van der Waals surface area contributed by atoms with Crippen LogP contribution in [0, 0.1) is 0 Å². The summed E-state index contributed by atoms with van der Waals surface area (Å²) in [4.78, 5) is 43.4. The summed E-state index contributed by atoms with van der Waals surface area (Å²) in [5, 5.41) is 7.12. The summed E-state index contributed by atoms with van der Waals surface area (Å²) < 4.78 is 0. The van der Waals surface area contributed by atoms with Crippen LogP contribution in [0.2, 0.25) is 10.0 Å². The summed E-state index contributed by atoms with van der Waals surface area (Å²) in [6.45, 7) is -0.421. The molecule has 1 aliphatic heterocycles. The highest BCUT2D eigenvalue weighted by Gasteiger charge is 2.37. The lowest BCUT2D eigenvalue weighted by atomic mass is 10.1. The fourth-order valence-corrected chi connectivity index (χ4v) is 4.41. The van der Waals surface area contributed by atoms with Crippen molar-refractivity contribution >= 4 is 68.7 Å². The predicted molar refractivity (Wildman–Crippen MR) is 106 cm³/mol. The molecule has 0 saturated carbocycles. The number of thiophene rings is 1. The second-order valence-electron chi connectivity index (χ2n) is 5.57. The van der Waals surface area contributed by atoms with Crippen LogP contribution in [-0.2, 0) is 4.79 Å². The van der Waals surface area contributed by atoms with Gasteiger partial charge in [-0.15, -0.1) is 22.7 Å². The number of carbonyl (C=O) groups is 3. The van der Waals surface area contributed by atoms with E-state index in [1.807, 2.05) is 22.9 Å². The molecule has 0 bridgehead atoms. The molecule has 3 aromatic rings. The van der Waals surface area contributed by atoms with E-state index in [-0.39, 0.29) is 21.2 Å². The van der Waals surface area contributed by atoms with Gasteiger partial charge in [-0.1, -0.05) is 29.3 Å². The largest absolute Gasteiger partial charge is 0.300 e. The van der Waals surface area contributed by atoms with E-state index >= 15 is 0 Å². The molecule has 1 N–H and O–H groups in total. The minimum absolute atomic E-state index is 0.136. The third-order valence-corrected chi connectivity index (χ3v) is 6.21. The van der Waals surface area contributed by atoms with Gasteiger partial charge in [0.05, 0.1) is 31.7 Å². The van der Waals surface area contributed by atoms with Gasteiger partial charge in [-0.3, -0.25) is 19.3 Å². The normalized spacial score (nSPS) is 13.2. The number of benzene rings is 1. The third kappa shape index (κ3) is 3.37. The smallest absolute Gasteiger partial charge is 0.262 e. The first kappa shape index (κ1) is 18.1. The molecule has 3 heterocycles. The van der Waals surface area contributed by atoms with E-state index in [1.165, 1.54) is 23.5 Å². The molecule has 27 heavy (non-hydrogen) atoms. The molecule has 0 unspecified atom stereocenters. The Morgan fingerprint density at radius 2 is 1.78 bits per heavy atom. The van der Waals surface area contributed by atoms with Gasteiger partial charge in [0.2, 0.25) is 5.91 Å². The van der Waals surface area contributed by atoms with Crippen molar-refractivity contribution in [2.45, 2.75) is 0 Å². The van der Waals surface area contributed by atoms with Gasteiger partial charge in [0, 0.05) is 5.38 Å². The van der Waals surface area contributed by atoms with Gasteiger partial charge in [0.15, 0.2) is 5.13 Å². The number of imide groups is 1. The molecule has 0 spiro atoms.